The van der Waals surface area contributed by atoms with E-state index in [1.807, 2.05) is 26.0 Å². The van der Waals surface area contributed by atoms with Crippen LogP contribution in [-0.2, 0) is 32.6 Å². The summed E-state index contributed by atoms with van der Waals surface area (Å²) < 4.78 is 39.4. The van der Waals surface area contributed by atoms with E-state index in [1.54, 1.807) is 24.3 Å². The van der Waals surface area contributed by atoms with Gasteiger partial charge >= 0.3 is 0 Å². The lowest BCUT2D eigenvalue weighted by atomic mass is 10.1. The van der Waals surface area contributed by atoms with E-state index < -0.39 is 16.1 Å². The van der Waals surface area contributed by atoms with Crippen molar-refractivity contribution in [2.45, 2.75) is 52.1 Å². The van der Waals surface area contributed by atoms with Crippen molar-refractivity contribution in [2.75, 3.05) is 24.2 Å². The molecular weight excluding hydrogens is 457 g/mol. The van der Waals surface area contributed by atoms with Crippen LogP contribution >= 0.6 is 0 Å². The lowest BCUT2D eigenvalue weighted by molar-refractivity contribution is -0.141. The first-order valence-corrected chi connectivity index (χ1v) is 13.3. The quantitative estimate of drug-likeness (QED) is 0.492. The molecule has 0 heterocycles. The SMILES string of the molecule is CCc1ccc(N(CCCC(=O)N(Cc2ccc(F)cc2)[C@H](CC)C(=O)NC)S(C)(=O)=O)cc1. The fourth-order valence-electron chi connectivity index (χ4n) is 3.77. The van der Waals surface area contributed by atoms with Crippen LogP contribution in [0.15, 0.2) is 48.5 Å². The zero-order chi connectivity index (χ0) is 25.3. The van der Waals surface area contributed by atoms with E-state index in [9.17, 15) is 22.4 Å². The van der Waals surface area contributed by atoms with Gasteiger partial charge < -0.3 is 10.2 Å². The molecule has 0 aromatic heterocycles. The molecule has 1 atom stereocenters. The number of carbonyl (C=O) groups excluding carboxylic acids is 2. The highest BCUT2D eigenvalue weighted by Crippen LogP contribution is 2.20. The van der Waals surface area contributed by atoms with Crippen LogP contribution in [0.5, 0.6) is 0 Å². The Balaban J connectivity index is 2.17. The summed E-state index contributed by atoms with van der Waals surface area (Å²) in [5.74, 6) is -0.936. The molecule has 0 fully saturated rings. The number of amides is 2. The maximum absolute atomic E-state index is 13.3. The third-order valence-corrected chi connectivity index (χ3v) is 6.88. The minimum Gasteiger partial charge on any atom is -0.357 e. The number of likely N-dealkylation sites (N-methyl/N-ethyl adjacent to an activating group) is 1. The Morgan fingerprint density at radius 3 is 2.09 bits per heavy atom. The fraction of sp³-hybridized carbons (Fsp3) is 0.440. The van der Waals surface area contributed by atoms with E-state index in [2.05, 4.69) is 5.32 Å². The highest BCUT2D eigenvalue weighted by atomic mass is 32.2. The first-order valence-electron chi connectivity index (χ1n) is 11.4. The number of nitrogens with one attached hydrogen (secondary N) is 1. The number of anilines is 1. The molecule has 0 aliphatic carbocycles. The van der Waals surface area contributed by atoms with E-state index in [1.165, 1.54) is 28.4 Å². The number of hydrogen-bond donors (Lipinski definition) is 1. The molecule has 0 aliphatic heterocycles. The molecule has 186 valence electrons. The van der Waals surface area contributed by atoms with Gasteiger partial charge in [0.1, 0.15) is 11.9 Å². The molecule has 0 spiro atoms. The van der Waals surface area contributed by atoms with Crippen molar-refractivity contribution in [1.82, 2.24) is 10.2 Å². The van der Waals surface area contributed by atoms with Crippen LogP contribution in [0.3, 0.4) is 0 Å². The molecule has 0 saturated heterocycles. The zero-order valence-electron chi connectivity index (χ0n) is 20.3. The summed E-state index contributed by atoms with van der Waals surface area (Å²) in [5, 5.41) is 2.59. The molecule has 7 nitrogen and oxygen atoms in total. The average molecular weight is 492 g/mol. The Kier molecular flexibility index (Phi) is 10.0. The summed E-state index contributed by atoms with van der Waals surface area (Å²) in [6, 6.07) is 12.4. The second-order valence-corrected chi connectivity index (χ2v) is 10.1. The van der Waals surface area contributed by atoms with Crippen LogP contribution in [0.2, 0.25) is 0 Å². The Morgan fingerprint density at radius 1 is 1.00 bits per heavy atom. The molecular formula is C25H34FN3O4S. The Labute approximate surface area is 202 Å². The van der Waals surface area contributed by atoms with Crippen LogP contribution in [-0.4, -0.2) is 51.0 Å². The third kappa shape index (κ3) is 7.55. The van der Waals surface area contributed by atoms with Gasteiger partial charge in [-0.15, -0.1) is 0 Å². The van der Waals surface area contributed by atoms with Crippen molar-refractivity contribution >= 4 is 27.5 Å². The molecule has 2 amide bonds. The lowest BCUT2D eigenvalue weighted by Gasteiger charge is -2.30. The van der Waals surface area contributed by atoms with Gasteiger partial charge in [-0.3, -0.25) is 13.9 Å². The van der Waals surface area contributed by atoms with Crippen molar-refractivity contribution in [3.63, 3.8) is 0 Å². The zero-order valence-corrected chi connectivity index (χ0v) is 21.1. The van der Waals surface area contributed by atoms with E-state index in [4.69, 9.17) is 0 Å². The highest BCUT2D eigenvalue weighted by Gasteiger charge is 2.28. The second-order valence-electron chi connectivity index (χ2n) is 8.15. The van der Waals surface area contributed by atoms with Gasteiger partial charge in [0, 0.05) is 26.6 Å². The summed E-state index contributed by atoms with van der Waals surface area (Å²) in [5.41, 5.74) is 2.35. The fourth-order valence-corrected chi connectivity index (χ4v) is 4.74. The number of benzene rings is 2. The third-order valence-electron chi connectivity index (χ3n) is 5.68. The number of hydrogen-bond acceptors (Lipinski definition) is 4. The Morgan fingerprint density at radius 2 is 1.59 bits per heavy atom. The van der Waals surface area contributed by atoms with Crippen LogP contribution < -0.4 is 9.62 Å². The first-order chi connectivity index (χ1) is 16.1. The van der Waals surface area contributed by atoms with Gasteiger partial charge in [0.15, 0.2) is 0 Å². The highest BCUT2D eigenvalue weighted by molar-refractivity contribution is 7.92. The largest absolute Gasteiger partial charge is 0.357 e. The normalized spacial score (nSPS) is 12.1. The topological polar surface area (TPSA) is 86.8 Å². The number of halogens is 1. The van der Waals surface area contributed by atoms with Gasteiger partial charge in [-0.1, -0.05) is 38.1 Å². The first kappa shape index (κ1) is 27.3. The number of sulfonamides is 1. The van der Waals surface area contributed by atoms with Crippen molar-refractivity contribution in [1.29, 1.82) is 0 Å². The summed E-state index contributed by atoms with van der Waals surface area (Å²) in [6.07, 6.45) is 2.74. The number of rotatable bonds is 12. The maximum Gasteiger partial charge on any atom is 0.242 e. The van der Waals surface area contributed by atoms with E-state index in [0.717, 1.165) is 18.2 Å². The maximum atomic E-state index is 13.3. The molecule has 0 radical (unpaired) electrons. The average Bonchev–Trinajstić information content (AvgIpc) is 2.82. The Hall–Kier alpha value is -2.94. The van der Waals surface area contributed by atoms with Crippen molar-refractivity contribution in [2.24, 2.45) is 0 Å². The van der Waals surface area contributed by atoms with Crippen LogP contribution in [0.1, 0.15) is 44.2 Å². The van der Waals surface area contributed by atoms with Gasteiger partial charge in [0.2, 0.25) is 21.8 Å². The van der Waals surface area contributed by atoms with Crippen LogP contribution in [0.4, 0.5) is 10.1 Å². The van der Waals surface area contributed by atoms with Gasteiger partial charge in [-0.05, 0) is 54.7 Å². The second kappa shape index (κ2) is 12.5. The standard InChI is InChI=1S/C25H34FN3O4S/c1-5-19-11-15-22(16-12-19)29(34(4,32)33)17-7-8-24(30)28(23(6-2)25(31)27-3)18-20-9-13-21(26)14-10-20/h9-16,23H,5-8,17-18H2,1-4H3,(H,27,31)/t23-/m1/s1. The molecule has 0 aliphatic rings. The summed E-state index contributed by atoms with van der Waals surface area (Å²) >= 11 is 0. The molecule has 0 bridgehead atoms. The van der Waals surface area contributed by atoms with Crippen molar-refractivity contribution in [3.05, 3.63) is 65.5 Å². The van der Waals surface area contributed by atoms with Crippen LogP contribution in [0.25, 0.3) is 0 Å². The predicted octanol–water partition coefficient (Wildman–Crippen LogP) is 3.49. The lowest BCUT2D eigenvalue weighted by Crippen LogP contribution is -2.48. The molecule has 2 aromatic rings. The number of carbonyl (C=O) groups is 2. The van der Waals surface area contributed by atoms with E-state index >= 15 is 0 Å². The summed E-state index contributed by atoms with van der Waals surface area (Å²) in [4.78, 5) is 27.1. The minimum absolute atomic E-state index is 0.0632. The van der Waals surface area contributed by atoms with E-state index in [0.29, 0.717) is 17.7 Å². The minimum atomic E-state index is -3.54. The number of nitrogens with zero attached hydrogens (tertiary/aromatic N) is 2. The molecule has 9 heteroatoms. The molecule has 2 rings (SSSR count). The molecule has 2 aromatic carbocycles. The summed E-state index contributed by atoms with van der Waals surface area (Å²) in [7, 11) is -2.02. The molecule has 0 saturated carbocycles. The van der Waals surface area contributed by atoms with Gasteiger partial charge in [0.05, 0.1) is 11.9 Å². The van der Waals surface area contributed by atoms with Gasteiger partial charge in [0.25, 0.3) is 0 Å². The monoisotopic (exact) mass is 491 g/mol. The molecule has 0 unspecified atom stereocenters. The van der Waals surface area contributed by atoms with Gasteiger partial charge in [-0.2, -0.15) is 0 Å². The number of aryl methyl sites for hydroxylation is 1. The van der Waals surface area contributed by atoms with Crippen molar-refractivity contribution in [3.8, 4) is 0 Å². The Bertz CT molecular complexity index is 1060. The molecule has 1 N–H and O–H groups in total. The smallest absolute Gasteiger partial charge is 0.242 e. The van der Waals surface area contributed by atoms with Crippen LogP contribution in [0, 0.1) is 5.82 Å². The summed E-state index contributed by atoms with van der Waals surface area (Å²) in [6.45, 7) is 4.13. The van der Waals surface area contributed by atoms with Crippen molar-refractivity contribution < 1.29 is 22.4 Å². The van der Waals surface area contributed by atoms with E-state index in [-0.39, 0.29) is 43.6 Å². The van der Waals surface area contributed by atoms with Gasteiger partial charge in [-0.25, -0.2) is 12.8 Å². The molecule has 34 heavy (non-hydrogen) atoms. The predicted molar refractivity (Wildman–Crippen MR) is 132 cm³/mol.